The van der Waals surface area contributed by atoms with Crippen LogP contribution in [0.2, 0.25) is 0 Å². The van der Waals surface area contributed by atoms with Crippen molar-refractivity contribution in [2.45, 2.75) is 20.0 Å². The van der Waals surface area contributed by atoms with E-state index in [-0.39, 0.29) is 19.8 Å². The monoisotopic (exact) mass is 295 g/mol. The second kappa shape index (κ2) is 7.05. The van der Waals surface area contributed by atoms with E-state index in [2.05, 4.69) is 0 Å². The molecule has 0 spiro atoms. The quantitative estimate of drug-likeness (QED) is 0.551. The maximum atomic E-state index is 11.5. The second-order valence-corrected chi connectivity index (χ2v) is 4.30. The molecule has 114 valence electrons. The van der Waals surface area contributed by atoms with E-state index < -0.39 is 17.9 Å². The zero-order chi connectivity index (χ0) is 15.2. The maximum Gasteiger partial charge on any atom is 0.343 e. The molecule has 0 aliphatic carbocycles. The van der Waals surface area contributed by atoms with Gasteiger partial charge in [-0.05, 0) is 26.0 Å². The summed E-state index contributed by atoms with van der Waals surface area (Å²) >= 11 is 0. The van der Waals surface area contributed by atoms with Gasteiger partial charge in [-0.1, -0.05) is 12.1 Å². The summed E-state index contributed by atoms with van der Waals surface area (Å²) in [6.07, 6.45) is -1.21. The number of hydrogen-bond donors (Lipinski definition) is 0. The van der Waals surface area contributed by atoms with Gasteiger partial charge < -0.3 is 19.1 Å². The Morgan fingerprint density at radius 3 is 2.38 bits per heavy atom. The van der Waals surface area contributed by atoms with Crippen molar-refractivity contribution in [2.75, 3.05) is 19.8 Å². The van der Waals surface area contributed by atoms with E-state index in [1.165, 1.54) is 12.2 Å². The van der Waals surface area contributed by atoms with Crippen LogP contribution >= 0.6 is 0 Å². The van der Waals surface area contributed by atoms with E-state index in [1.54, 1.807) is 19.1 Å². The van der Waals surface area contributed by atoms with E-state index >= 15 is 0 Å². The van der Waals surface area contributed by atoms with Crippen LogP contribution in [0.4, 0.5) is 0 Å². The molecule has 0 saturated heterocycles. The molecule has 1 aromatic carbocycles. The Bertz CT molecular complexity index is 493. The Balaban J connectivity index is 1.79. The molecule has 7 nitrogen and oxygen atoms in total. The molecule has 1 aromatic rings. The first-order chi connectivity index (χ1) is 10.1. The molecular formula is C14H17NO6. The lowest BCUT2D eigenvalue weighted by atomic mass is 10.2. The third kappa shape index (κ3) is 3.93. The molecule has 1 aliphatic heterocycles. The molecule has 0 fully saturated rings. The number of carbonyl (C=O) groups excluding carboxylic acids is 2. The summed E-state index contributed by atoms with van der Waals surface area (Å²) in [5.74, 6) is 0.119. The predicted octanol–water partition coefficient (Wildman–Crippen LogP) is 1.13. The lowest BCUT2D eigenvalue weighted by molar-refractivity contribution is -0.233. The fraction of sp³-hybridized carbons (Fsp3) is 0.429. The van der Waals surface area contributed by atoms with Crippen molar-refractivity contribution >= 4 is 11.8 Å². The number of benzene rings is 1. The summed E-state index contributed by atoms with van der Waals surface area (Å²) in [4.78, 5) is 33.7. The largest absolute Gasteiger partial charge is 0.464 e. The first-order valence-corrected chi connectivity index (χ1v) is 6.63. The number of hydrogen-bond acceptors (Lipinski definition) is 7. The fourth-order valence-corrected chi connectivity index (χ4v) is 1.74. The highest BCUT2D eigenvalue weighted by Crippen LogP contribution is 2.32. The second-order valence-electron chi connectivity index (χ2n) is 4.30. The summed E-state index contributed by atoms with van der Waals surface area (Å²) in [6, 6.07) is 7.20. The minimum absolute atomic E-state index is 0.0804. The Labute approximate surface area is 122 Å². The highest BCUT2D eigenvalue weighted by molar-refractivity contribution is 6.00. The Kier molecular flexibility index (Phi) is 5.13. The lowest BCUT2D eigenvalue weighted by Gasteiger charge is -2.16. The number of esters is 1. The molecule has 0 radical (unpaired) electrons. The molecule has 0 amide bonds. The van der Waals surface area contributed by atoms with Gasteiger partial charge in [0.1, 0.15) is 0 Å². The van der Waals surface area contributed by atoms with Crippen molar-refractivity contribution in [2.24, 2.45) is 0 Å². The van der Waals surface area contributed by atoms with Crippen LogP contribution < -0.4 is 9.68 Å². The standard InChI is InChI=1S/C14H17NO6/c1-3-18-14(17)13(10(2)16)19-9-8-15-20-11-6-4-5-7-12(11)21-15/h4-7,13H,3,8-9H2,1-2H3. The summed E-state index contributed by atoms with van der Waals surface area (Å²) in [7, 11) is 0. The van der Waals surface area contributed by atoms with E-state index in [0.717, 1.165) is 0 Å². The molecule has 1 unspecified atom stereocenters. The third-order valence-corrected chi connectivity index (χ3v) is 2.68. The van der Waals surface area contributed by atoms with Crippen molar-refractivity contribution in [1.82, 2.24) is 5.23 Å². The zero-order valence-corrected chi connectivity index (χ0v) is 11.9. The number of ether oxygens (including phenoxy) is 2. The normalized spacial score (nSPS) is 14.8. The van der Waals surface area contributed by atoms with Crippen LogP contribution in [0.15, 0.2) is 24.3 Å². The highest BCUT2D eigenvalue weighted by Gasteiger charge is 2.27. The Morgan fingerprint density at radius 2 is 1.86 bits per heavy atom. The van der Waals surface area contributed by atoms with Crippen LogP contribution in [0.1, 0.15) is 13.8 Å². The summed E-state index contributed by atoms with van der Waals surface area (Å²) in [5.41, 5.74) is 0. The average Bonchev–Trinajstić information content (AvgIpc) is 2.86. The van der Waals surface area contributed by atoms with Gasteiger partial charge in [0.15, 0.2) is 17.3 Å². The van der Waals surface area contributed by atoms with Gasteiger partial charge in [0, 0.05) is 5.23 Å². The van der Waals surface area contributed by atoms with Gasteiger partial charge in [0.05, 0.1) is 19.8 Å². The lowest BCUT2D eigenvalue weighted by Crippen LogP contribution is -2.37. The molecule has 0 aromatic heterocycles. The predicted molar refractivity (Wildman–Crippen MR) is 71.5 cm³/mol. The maximum absolute atomic E-state index is 11.5. The van der Waals surface area contributed by atoms with E-state index in [4.69, 9.17) is 19.1 Å². The van der Waals surface area contributed by atoms with Gasteiger partial charge >= 0.3 is 5.97 Å². The number of para-hydroxylation sites is 2. The first kappa shape index (κ1) is 15.3. The van der Waals surface area contributed by atoms with Gasteiger partial charge in [0.25, 0.3) is 0 Å². The topological polar surface area (TPSA) is 74.3 Å². The van der Waals surface area contributed by atoms with Gasteiger partial charge in [0.2, 0.25) is 6.10 Å². The Morgan fingerprint density at radius 1 is 1.24 bits per heavy atom. The number of ketones is 1. The molecule has 2 rings (SSSR count). The van der Waals surface area contributed by atoms with Crippen LogP contribution in [-0.2, 0) is 19.1 Å². The number of nitrogens with zero attached hydrogens (tertiary/aromatic N) is 1. The van der Waals surface area contributed by atoms with Crippen molar-refractivity contribution < 1.29 is 28.7 Å². The van der Waals surface area contributed by atoms with Gasteiger partial charge in [-0.25, -0.2) is 4.79 Å². The summed E-state index contributed by atoms with van der Waals surface area (Å²) < 4.78 is 10.0. The molecular weight excluding hydrogens is 278 g/mol. The van der Waals surface area contributed by atoms with Crippen molar-refractivity contribution in [1.29, 1.82) is 0 Å². The number of fused-ring (bicyclic) bond motifs is 1. The fourth-order valence-electron chi connectivity index (χ4n) is 1.74. The van der Waals surface area contributed by atoms with Crippen LogP contribution in [0, 0.1) is 0 Å². The first-order valence-electron chi connectivity index (χ1n) is 6.63. The summed E-state index contributed by atoms with van der Waals surface area (Å²) in [6.45, 7) is 3.45. The molecule has 1 heterocycles. The molecule has 0 saturated carbocycles. The number of Topliss-reactive ketones (excluding diaryl/α,β-unsaturated/α-hetero) is 1. The molecule has 0 bridgehead atoms. The van der Waals surface area contributed by atoms with E-state index in [9.17, 15) is 9.59 Å². The molecule has 1 aliphatic rings. The minimum Gasteiger partial charge on any atom is -0.464 e. The van der Waals surface area contributed by atoms with Crippen molar-refractivity contribution in [3.05, 3.63) is 24.3 Å². The summed E-state index contributed by atoms with van der Waals surface area (Å²) in [5, 5.41) is 1.23. The zero-order valence-electron chi connectivity index (χ0n) is 11.9. The van der Waals surface area contributed by atoms with Crippen LogP contribution in [0.5, 0.6) is 11.5 Å². The minimum atomic E-state index is -1.21. The van der Waals surface area contributed by atoms with Crippen LogP contribution in [0.3, 0.4) is 0 Å². The van der Waals surface area contributed by atoms with Gasteiger partial charge in [-0.3, -0.25) is 4.79 Å². The van der Waals surface area contributed by atoms with E-state index in [0.29, 0.717) is 11.5 Å². The number of carbonyl (C=O) groups is 2. The Hall–Kier alpha value is -2.12. The smallest absolute Gasteiger partial charge is 0.343 e. The highest BCUT2D eigenvalue weighted by atomic mass is 17.0. The average molecular weight is 295 g/mol. The number of rotatable bonds is 7. The molecule has 0 N–H and O–H groups in total. The SMILES string of the molecule is CCOC(=O)C(OCCN1Oc2ccccc2O1)C(C)=O. The van der Waals surface area contributed by atoms with Gasteiger partial charge in [-0.15, -0.1) is 0 Å². The molecule has 1 atom stereocenters. The van der Waals surface area contributed by atoms with E-state index in [1.807, 2.05) is 12.1 Å². The van der Waals surface area contributed by atoms with Crippen LogP contribution in [0.25, 0.3) is 0 Å². The van der Waals surface area contributed by atoms with Crippen molar-refractivity contribution in [3.8, 4) is 11.5 Å². The molecule has 21 heavy (non-hydrogen) atoms. The number of hydroxylamine groups is 2. The molecule has 7 heteroatoms. The van der Waals surface area contributed by atoms with Gasteiger partial charge in [-0.2, -0.15) is 0 Å². The van der Waals surface area contributed by atoms with Crippen molar-refractivity contribution in [3.63, 3.8) is 0 Å². The van der Waals surface area contributed by atoms with Crippen LogP contribution in [-0.4, -0.2) is 42.8 Å². The third-order valence-electron chi connectivity index (χ3n) is 2.68.